The molecule has 1 aliphatic rings. The lowest BCUT2D eigenvalue weighted by Crippen LogP contribution is -2.39. The van der Waals surface area contributed by atoms with Gasteiger partial charge < -0.3 is 4.90 Å². The first-order chi connectivity index (χ1) is 13.0. The van der Waals surface area contributed by atoms with Crippen LogP contribution < -0.4 is 10.5 Å². The quantitative estimate of drug-likeness (QED) is 0.524. The molecule has 0 aliphatic carbocycles. The summed E-state index contributed by atoms with van der Waals surface area (Å²) in [6.07, 6.45) is 3.07. The second-order valence-corrected chi connectivity index (χ2v) is 6.41. The van der Waals surface area contributed by atoms with Crippen LogP contribution in [-0.4, -0.2) is 26.9 Å². The molecule has 8 nitrogen and oxygen atoms in total. The third-order valence-electron chi connectivity index (χ3n) is 4.74. The fourth-order valence-electron chi connectivity index (χ4n) is 3.40. The first-order valence-electron chi connectivity index (χ1n) is 8.56. The predicted molar refractivity (Wildman–Crippen MR) is 99.8 cm³/mol. The molecule has 4 rings (SSSR count). The minimum absolute atomic E-state index is 0.131. The first-order valence-corrected chi connectivity index (χ1v) is 8.56. The van der Waals surface area contributed by atoms with E-state index in [-0.39, 0.29) is 29.0 Å². The van der Waals surface area contributed by atoms with E-state index in [1.807, 2.05) is 24.3 Å². The van der Waals surface area contributed by atoms with E-state index in [0.717, 1.165) is 24.1 Å². The van der Waals surface area contributed by atoms with E-state index in [0.29, 0.717) is 6.54 Å². The van der Waals surface area contributed by atoms with Gasteiger partial charge in [0.2, 0.25) is 5.91 Å². The topological polar surface area (TPSA) is 98.3 Å². The summed E-state index contributed by atoms with van der Waals surface area (Å²) in [5.41, 5.74) is 1.71. The highest BCUT2D eigenvalue weighted by molar-refractivity contribution is 5.94. The fraction of sp³-hybridized carbons (Fsp3) is 0.211. The Bertz CT molecular complexity index is 1120. The lowest BCUT2D eigenvalue weighted by atomic mass is 10.0. The van der Waals surface area contributed by atoms with Gasteiger partial charge in [-0.05, 0) is 30.5 Å². The molecule has 2 heterocycles. The van der Waals surface area contributed by atoms with Crippen LogP contribution in [0.5, 0.6) is 0 Å². The number of non-ortho nitro benzene ring substituents is 1. The van der Waals surface area contributed by atoms with Crippen molar-refractivity contribution in [2.45, 2.75) is 19.4 Å². The van der Waals surface area contributed by atoms with Gasteiger partial charge in [0.1, 0.15) is 6.54 Å². The Labute approximate surface area is 153 Å². The number of para-hydroxylation sites is 1. The molecule has 0 unspecified atom stereocenters. The molecule has 8 heteroatoms. The largest absolute Gasteiger partial charge is 0.311 e. The van der Waals surface area contributed by atoms with Crippen molar-refractivity contribution in [2.75, 3.05) is 11.4 Å². The van der Waals surface area contributed by atoms with E-state index in [9.17, 15) is 19.7 Å². The number of rotatable bonds is 3. The summed E-state index contributed by atoms with van der Waals surface area (Å²) in [5, 5.41) is 11.1. The number of aryl methyl sites for hydroxylation is 1. The van der Waals surface area contributed by atoms with Gasteiger partial charge in [0.05, 0.1) is 22.2 Å². The lowest BCUT2D eigenvalue weighted by molar-refractivity contribution is -0.384. The second-order valence-electron chi connectivity index (χ2n) is 6.41. The fourth-order valence-corrected chi connectivity index (χ4v) is 3.40. The molecule has 27 heavy (non-hydrogen) atoms. The molecule has 1 amide bonds. The van der Waals surface area contributed by atoms with Crippen molar-refractivity contribution in [1.82, 2.24) is 9.55 Å². The Morgan fingerprint density at radius 1 is 1.22 bits per heavy atom. The highest BCUT2D eigenvalue weighted by Crippen LogP contribution is 2.26. The molecular formula is C19H16N4O4. The van der Waals surface area contributed by atoms with Gasteiger partial charge in [0, 0.05) is 24.4 Å². The summed E-state index contributed by atoms with van der Waals surface area (Å²) >= 11 is 0. The first kappa shape index (κ1) is 16.9. The Balaban J connectivity index is 1.65. The van der Waals surface area contributed by atoms with Crippen LogP contribution in [0.25, 0.3) is 10.9 Å². The van der Waals surface area contributed by atoms with E-state index >= 15 is 0 Å². The highest BCUT2D eigenvalue weighted by Gasteiger charge is 2.23. The number of aromatic nitrogens is 2. The maximum absolute atomic E-state index is 12.8. The number of benzene rings is 2. The lowest BCUT2D eigenvalue weighted by Gasteiger charge is -2.29. The molecule has 0 saturated heterocycles. The van der Waals surface area contributed by atoms with Gasteiger partial charge in [0.25, 0.3) is 11.2 Å². The third-order valence-corrected chi connectivity index (χ3v) is 4.74. The van der Waals surface area contributed by atoms with Crippen LogP contribution >= 0.6 is 0 Å². The minimum Gasteiger partial charge on any atom is -0.311 e. The highest BCUT2D eigenvalue weighted by atomic mass is 16.6. The molecule has 0 fully saturated rings. The molecule has 0 spiro atoms. The molecule has 0 bridgehead atoms. The van der Waals surface area contributed by atoms with Crippen LogP contribution in [-0.2, 0) is 17.8 Å². The number of anilines is 1. The zero-order valence-electron chi connectivity index (χ0n) is 14.4. The minimum atomic E-state index is -0.538. The van der Waals surface area contributed by atoms with Gasteiger partial charge in [-0.1, -0.05) is 18.2 Å². The van der Waals surface area contributed by atoms with E-state index in [1.54, 1.807) is 4.90 Å². The number of amides is 1. The number of carbonyl (C=O) groups is 1. The van der Waals surface area contributed by atoms with Crippen LogP contribution in [0.1, 0.15) is 12.0 Å². The molecule has 1 aromatic heterocycles. The number of nitro groups is 1. The summed E-state index contributed by atoms with van der Waals surface area (Å²) in [6, 6.07) is 11.6. The molecule has 2 aromatic carbocycles. The van der Waals surface area contributed by atoms with Gasteiger partial charge >= 0.3 is 0 Å². The summed E-state index contributed by atoms with van der Waals surface area (Å²) in [7, 11) is 0. The zero-order valence-corrected chi connectivity index (χ0v) is 14.4. The average molecular weight is 364 g/mol. The van der Waals surface area contributed by atoms with Crippen molar-refractivity contribution in [3.8, 4) is 0 Å². The monoisotopic (exact) mass is 364 g/mol. The average Bonchev–Trinajstić information content (AvgIpc) is 2.69. The molecule has 0 N–H and O–H groups in total. The summed E-state index contributed by atoms with van der Waals surface area (Å²) in [5.74, 6) is -0.188. The van der Waals surface area contributed by atoms with Gasteiger partial charge in [-0.2, -0.15) is 0 Å². The van der Waals surface area contributed by atoms with Crippen LogP contribution in [0.2, 0.25) is 0 Å². The SMILES string of the molecule is O=C(Cn1cnc2cc([N+](=O)[O-])ccc2c1=O)N1CCCc2ccccc21. The molecule has 0 atom stereocenters. The summed E-state index contributed by atoms with van der Waals surface area (Å²) in [4.78, 5) is 41.6. The Hall–Kier alpha value is -3.55. The molecule has 3 aromatic rings. The van der Waals surface area contributed by atoms with Gasteiger partial charge in [-0.25, -0.2) is 4.98 Å². The van der Waals surface area contributed by atoms with Gasteiger partial charge in [-0.15, -0.1) is 0 Å². The molecule has 136 valence electrons. The van der Waals surface area contributed by atoms with Crippen molar-refractivity contribution in [3.63, 3.8) is 0 Å². The third kappa shape index (κ3) is 3.05. The normalized spacial score (nSPS) is 13.4. The predicted octanol–water partition coefficient (Wildman–Crippen LogP) is 2.28. The molecule has 0 radical (unpaired) electrons. The number of nitro benzene ring substituents is 1. The number of carbonyl (C=O) groups excluding carboxylic acids is 1. The Morgan fingerprint density at radius 3 is 2.85 bits per heavy atom. The maximum Gasteiger partial charge on any atom is 0.271 e. The molecule has 1 aliphatic heterocycles. The smallest absolute Gasteiger partial charge is 0.271 e. The van der Waals surface area contributed by atoms with E-state index in [4.69, 9.17) is 0 Å². The standard InChI is InChI=1S/C19H16N4O4/c24-18(22-9-3-5-13-4-1-2-6-17(13)22)11-21-12-20-16-10-14(23(26)27)7-8-15(16)19(21)25/h1-2,4,6-8,10,12H,3,5,9,11H2. The zero-order chi connectivity index (χ0) is 19.0. The van der Waals surface area contributed by atoms with Crippen molar-refractivity contribution < 1.29 is 9.72 Å². The molecular weight excluding hydrogens is 348 g/mol. The van der Waals surface area contributed by atoms with E-state index in [1.165, 1.54) is 29.1 Å². The van der Waals surface area contributed by atoms with Crippen molar-refractivity contribution >= 4 is 28.2 Å². The number of hydrogen-bond donors (Lipinski definition) is 0. The maximum atomic E-state index is 12.8. The Morgan fingerprint density at radius 2 is 2.04 bits per heavy atom. The van der Waals surface area contributed by atoms with E-state index < -0.39 is 10.5 Å². The number of hydrogen-bond acceptors (Lipinski definition) is 5. The van der Waals surface area contributed by atoms with Crippen molar-refractivity contribution in [3.05, 3.63) is 74.8 Å². The molecule has 0 saturated carbocycles. The summed E-state index contributed by atoms with van der Waals surface area (Å²) < 4.78 is 1.24. The summed E-state index contributed by atoms with van der Waals surface area (Å²) in [6.45, 7) is 0.477. The van der Waals surface area contributed by atoms with Gasteiger partial charge in [0.15, 0.2) is 0 Å². The number of fused-ring (bicyclic) bond motifs is 2. The van der Waals surface area contributed by atoms with Crippen LogP contribution in [0.4, 0.5) is 11.4 Å². The van der Waals surface area contributed by atoms with Crippen LogP contribution in [0.15, 0.2) is 53.6 Å². The Kier molecular flexibility index (Phi) is 4.15. The second kappa shape index (κ2) is 6.64. The van der Waals surface area contributed by atoms with Crippen LogP contribution in [0.3, 0.4) is 0 Å². The van der Waals surface area contributed by atoms with Crippen molar-refractivity contribution in [1.29, 1.82) is 0 Å². The van der Waals surface area contributed by atoms with E-state index in [2.05, 4.69) is 4.98 Å². The number of nitrogens with zero attached hydrogens (tertiary/aromatic N) is 4. The van der Waals surface area contributed by atoms with Gasteiger partial charge in [-0.3, -0.25) is 24.3 Å². The van der Waals surface area contributed by atoms with Crippen molar-refractivity contribution in [2.24, 2.45) is 0 Å². The van der Waals surface area contributed by atoms with Crippen LogP contribution in [0, 0.1) is 10.1 Å².